The molecule has 1 fully saturated rings. The van der Waals surface area contributed by atoms with Crippen molar-refractivity contribution in [2.75, 3.05) is 23.4 Å². The van der Waals surface area contributed by atoms with E-state index in [9.17, 15) is 8.42 Å². The first kappa shape index (κ1) is 16.4. The SMILES string of the molecule is COC1CCCC(Nc2cc(NS(C)(=O)=O)ccc2Cl)C1. The summed E-state index contributed by atoms with van der Waals surface area (Å²) in [5, 5.41) is 3.97. The molecule has 0 amide bonds. The van der Waals surface area contributed by atoms with Crippen molar-refractivity contribution >= 4 is 33.0 Å². The van der Waals surface area contributed by atoms with Gasteiger partial charge >= 0.3 is 0 Å². The van der Waals surface area contributed by atoms with E-state index in [0.717, 1.165) is 37.6 Å². The van der Waals surface area contributed by atoms with Crippen molar-refractivity contribution < 1.29 is 13.2 Å². The maximum Gasteiger partial charge on any atom is 0.229 e. The van der Waals surface area contributed by atoms with Crippen LogP contribution in [0.4, 0.5) is 11.4 Å². The van der Waals surface area contributed by atoms with Crippen LogP contribution in [0.5, 0.6) is 0 Å². The molecule has 2 rings (SSSR count). The van der Waals surface area contributed by atoms with E-state index >= 15 is 0 Å². The van der Waals surface area contributed by atoms with Crippen LogP contribution >= 0.6 is 11.6 Å². The lowest BCUT2D eigenvalue weighted by Crippen LogP contribution is -2.31. The molecule has 1 aliphatic carbocycles. The van der Waals surface area contributed by atoms with Crippen molar-refractivity contribution in [2.45, 2.75) is 37.8 Å². The molecular weight excluding hydrogens is 312 g/mol. The summed E-state index contributed by atoms with van der Waals surface area (Å²) in [6.45, 7) is 0. The Labute approximate surface area is 131 Å². The van der Waals surface area contributed by atoms with E-state index in [4.69, 9.17) is 16.3 Å². The van der Waals surface area contributed by atoms with E-state index in [1.165, 1.54) is 0 Å². The van der Waals surface area contributed by atoms with Gasteiger partial charge in [0, 0.05) is 13.2 Å². The first-order valence-corrected chi connectivity index (χ1v) is 9.21. The molecule has 0 heterocycles. The van der Waals surface area contributed by atoms with Gasteiger partial charge in [-0.05, 0) is 43.9 Å². The molecule has 0 bridgehead atoms. The third-order valence-corrected chi connectivity index (χ3v) is 4.52. The number of rotatable bonds is 5. The van der Waals surface area contributed by atoms with Crippen LogP contribution in [0.15, 0.2) is 18.2 Å². The summed E-state index contributed by atoms with van der Waals surface area (Å²) in [5.74, 6) is 0. The van der Waals surface area contributed by atoms with Crippen LogP contribution in [0, 0.1) is 0 Å². The largest absolute Gasteiger partial charge is 0.381 e. The number of ether oxygens (including phenoxy) is 1. The number of hydrogen-bond acceptors (Lipinski definition) is 4. The molecular formula is C14H21ClN2O3S. The summed E-state index contributed by atoms with van der Waals surface area (Å²) in [6.07, 6.45) is 5.57. The lowest BCUT2D eigenvalue weighted by molar-refractivity contribution is 0.0669. The van der Waals surface area contributed by atoms with Gasteiger partial charge in [0.05, 0.1) is 28.8 Å². The fraction of sp³-hybridized carbons (Fsp3) is 0.571. The number of hydrogen-bond donors (Lipinski definition) is 2. The highest BCUT2D eigenvalue weighted by molar-refractivity contribution is 7.92. The number of methoxy groups -OCH3 is 1. The van der Waals surface area contributed by atoms with Crippen LogP contribution in [-0.2, 0) is 14.8 Å². The fourth-order valence-corrected chi connectivity index (χ4v) is 3.35. The van der Waals surface area contributed by atoms with Crippen LogP contribution in [0.25, 0.3) is 0 Å². The second-order valence-electron chi connectivity index (χ2n) is 5.43. The van der Waals surface area contributed by atoms with E-state index < -0.39 is 10.0 Å². The van der Waals surface area contributed by atoms with Crippen LogP contribution in [-0.4, -0.2) is 33.9 Å². The molecule has 118 valence electrons. The third-order valence-electron chi connectivity index (χ3n) is 3.59. The standard InChI is InChI=1S/C14H21ClN2O3S/c1-20-12-5-3-4-10(8-12)16-14-9-11(6-7-13(14)15)17-21(2,18)19/h6-7,9-10,12,16-17H,3-5,8H2,1-2H3. The predicted molar refractivity (Wildman–Crippen MR) is 86.6 cm³/mol. The number of anilines is 2. The Hall–Kier alpha value is -0.980. The summed E-state index contributed by atoms with van der Waals surface area (Å²) >= 11 is 6.19. The van der Waals surface area contributed by atoms with Crippen LogP contribution in [0.2, 0.25) is 5.02 Å². The summed E-state index contributed by atoms with van der Waals surface area (Å²) in [6, 6.07) is 5.34. The monoisotopic (exact) mass is 332 g/mol. The van der Waals surface area contributed by atoms with E-state index in [0.29, 0.717) is 10.7 Å². The maximum absolute atomic E-state index is 11.3. The Balaban J connectivity index is 2.10. The van der Waals surface area contributed by atoms with E-state index in [1.807, 2.05) is 0 Å². The molecule has 7 heteroatoms. The van der Waals surface area contributed by atoms with Gasteiger partial charge in [0.1, 0.15) is 0 Å². The number of halogens is 1. The van der Waals surface area contributed by atoms with Gasteiger partial charge in [0.25, 0.3) is 0 Å². The van der Waals surface area contributed by atoms with Crippen molar-refractivity contribution in [1.82, 2.24) is 0 Å². The second kappa shape index (κ2) is 6.85. The maximum atomic E-state index is 11.3. The van der Waals surface area contributed by atoms with Crippen LogP contribution in [0.3, 0.4) is 0 Å². The third kappa shape index (κ3) is 5.05. The molecule has 2 unspecified atom stereocenters. The summed E-state index contributed by atoms with van der Waals surface area (Å²) in [4.78, 5) is 0. The van der Waals surface area contributed by atoms with Crippen LogP contribution in [0.1, 0.15) is 25.7 Å². The van der Waals surface area contributed by atoms with Gasteiger partial charge in [-0.3, -0.25) is 4.72 Å². The van der Waals surface area contributed by atoms with Gasteiger partial charge in [-0.25, -0.2) is 8.42 Å². The minimum absolute atomic E-state index is 0.271. The highest BCUT2D eigenvalue weighted by Crippen LogP contribution is 2.30. The Bertz CT molecular complexity index is 592. The van der Waals surface area contributed by atoms with Gasteiger partial charge in [0.15, 0.2) is 0 Å². The zero-order valence-corrected chi connectivity index (χ0v) is 13.8. The molecule has 1 aliphatic rings. The van der Waals surface area contributed by atoms with Gasteiger partial charge < -0.3 is 10.1 Å². The van der Waals surface area contributed by atoms with Crippen molar-refractivity contribution in [2.24, 2.45) is 0 Å². The first-order valence-electron chi connectivity index (χ1n) is 6.94. The zero-order valence-electron chi connectivity index (χ0n) is 12.2. The normalized spacial score (nSPS) is 22.8. The van der Waals surface area contributed by atoms with E-state index in [2.05, 4.69) is 10.0 Å². The predicted octanol–water partition coefficient (Wildman–Crippen LogP) is 3.08. The lowest BCUT2D eigenvalue weighted by atomic mass is 9.92. The first-order chi connectivity index (χ1) is 9.87. The Morgan fingerprint density at radius 1 is 1.33 bits per heavy atom. The number of sulfonamides is 1. The molecule has 5 nitrogen and oxygen atoms in total. The molecule has 0 aromatic heterocycles. The van der Waals surface area contributed by atoms with Crippen molar-refractivity contribution in [3.63, 3.8) is 0 Å². The smallest absolute Gasteiger partial charge is 0.229 e. The van der Waals surface area contributed by atoms with Gasteiger partial charge in [-0.1, -0.05) is 11.6 Å². The molecule has 0 spiro atoms. The zero-order chi connectivity index (χ0) is 15.5. The molecule has 0 saturated heterocycles. The quantitative estimate of drug-likeness (QED) is 0.869. The van der Waals surface area contributed by atoms with Crippen LogP contribution < -0.4 is 10.0 Å². The minimum Gasteiger partial charge on any atom is -0.381 e. The Morgan fingerprint density at radius 2 is 2.10 bits per heavy atom. The molecule has 0 aliphatic heterocycles. The average molecular weight is 333 g/mol. The van der Waals surface area contributed by atoms with Gasteiger partial charge in [0.2, 0.25) is 10.0 Å². The van der Waals surface area contributed by atoms with E-state index in [1.54, 1.807) is 25.3 Å². The highest BCUT2D eigenvalue weighted by Gasteiger charge is 2.22. The topological polar surface area (TPSA) is 67.4 Å². The fourth-order valence-electron chi connectivity index (χ4n) is 2.62. The molecule has 1 aromatic carbocycles. The molecule has 1 aromatic rings. The van der Waals surface area contributed by atoms with Gasteiger partial charge in [-0.15, -0.1) is 0 Å². The number of benzene rings is 1. The van der Waals surface area contributed by atoms with Crippen molar-refractivity contribution in [3.05, 3.63) is 23.2 Å². The summed E-state index contributed by atoms with van der Waals surface area (Å²) in [7, 11) is -1.56. The number of nitrogens with one attached hydrogen (secondary N) is 2. The Morgan fingerprint density at radius 3 is 2.76 bits per heavy atom. The minimum atomic E-state index is -3.29. The van der Waals surface area contributed by atoms with Gasteiger partial charge in [-0.2, -0.15) is 0 Å². The molecule has 21 heavy (non-hydrogen) atoms. The second-order valence-corrected chi connectivity index (χ2v) is 7.59. The van der Waals surface area contributed by atoms with Crippen molar-refractivity contribution in [1.29, 1.82) is 0 Å². The average Bonchev–Trinajstić information content (AvgIpc) is 2.41. The Kier molecular flexibility index (Phi) is 5.35. The highest BCUT2D eigenvalue weighted by atomic mass is 35.5. The summed E-state index contributed by atoms with van der Waals surface area (Å²) < 4.78 is 30.4. The lowest BCUT2D eigenvalue weighted by Gasteiger charge is -2.30. The molecule has 2 atom stereocenters. The molecule has 2 N–H and O–H groups in total. The molecule has 1 saturated carbocycles. The molecule has 0 radical (unpaired) electrons. The van der Waals surface area contributed by atoms with E-state index in [-0.39, 0.29) is 12.1 Å². The summed E-state index contributed by atoms with van der Waals surface area (Å²) in [5.41, 5.74) is 1.25. The van der Waals surface area contributed by atoms with Crippen molar-refractivity contribution in [3.8, 4) is 0 Å².